The SMILES string of the molecule is CCc1ccc(-c2nc(CCOc3cccc(CC(=O)OC)c3)c(C)o2)cc1. The molecule has 0 radical (unpaired) electrons. The second-order valence-electron chi connectivity index (χ2n) is 6.57. The second-order valence-corrected chi connectivity index (χ2v) is 6.57. The smallest absolute Gasteiger partial charge is 0.309 e. The van der Waals surface area contributed by atoms with Gasteiger partial charge < -0.3 is 13.9 Å². The van der Waals surface area contributed by atoms with Crippen molar-refractivity contribution in [3.05, 3.63) is 71.1 Å². The van der Waals surface area contributed by atoms with Crippen molar-refractivity contribution in [3.8, 4) is 17.2 Å². The van der Waals surface area contributed by atoms with Gasteiger partial charge in [0.2, 0.25) is 5.89 Å². The summed E-state index contributed by atoms with van der Waals surface area (Å²) in [7, 11) is 1.38. The average Bonchev–Trinajstić information content (AvgIpc) is 3.09. The molecule has 0 atom stereocenters. The van der Waals surface area contributed by atoms with Gasteiger partial charge in [0.25, 0.3) is 0 Å². The number of nitrogens with zero attached hydrogens (tertiary/aromatic N) is 1. The highest BCUT2D eigenvalue weighted by Crippen LogP contribution is 2.23. The number of carbonyl (C=O) groups excluding carboxylic acids is 1. The molecule has 0 fully saturated rings. The molecular formula is C23H25NO4. The summed E-state index contributed by atoms with van der Waals surface area (Å²) in [5, 5.41) is 0. The van der Waals surface area contributed by atoms with Gasteiger partial charge in [0.05, 0.1) is 25.8 Å². The van der Waals surface area contributed by atoms with Crippen molar-refractivity contribution in [3.63, 3.8) is 0 Å². The molecule has 1 heterocycles. The van der Waals surface area contributed by atoms with Crippen LogP contribution in [0.4, 0.5) is 0 Å². The summed E-state index contributed by atoms with van der Waals surface area (Å²) in [4.78, 5) is 16.0. The minimum Gasteiger partial charge on any atom is -0.493 e. The first-order chi connectivity index (χ1) is 13.6. The molecule has 0 bridgehead atoms. The standard InChI is InChI=1S/C23H25NO4/c1-4-17-8-10-19(11-9-17)23-24-21(16(2)28-23)12-13-27-20-7-5-6-18(14-20)15-22(25)26-3/h5-11,14H,4,12-13,15H2,1-3H3. The van der Waals surface area contributed by atoms with E-state index in [2.05, 4.69) is 24.0 Å². The summed E-state index contributed by atoms with van der Waals surface area (Å²) < 4.78 is 16.4. The molecule has 2 aromatic carbocycles. The summed E-state index contributed by atoms with van der Waals surface area (Å²) in [5.41, 5.74) is 4.01. The van der Waals surface area contributed by atoms with Gasteiger partial charge in [0, 0.05) is 12.0 Å². The van der Waals surface area contributed by atoms with E-state index in [-0.39, 0.29) is 12.4 Å². The van der Waals surface area contributed by atoms with Crippen LogP contribution in [0, 0.1) is 6.92 Å². The lowest BCUT2D eigenvalue weighted by molar-refractivity contribution is -0.139. The van der Waals surface area contributed by atoms with Crippen LogP contribution in [0.15, 0.2) is 52.9 Å². The summed E-state index contributed by atoms with van der Waals surface area (Å²) >= 11 is 0. The number of hydrogen-bond donors (Lipinski definition) is 0. The molecule has 0 aliphatic rings. The van der Waals surface area contributed by atoms with Gasteiger partial charge in [-0.05, 0) is 48.7 Å². The number of esters is 1. The van der Waals surface area contributed by atoms with Gasteiger partial charge in [-0.15, -0.1) is 0 Å². The molecule has 0 unspecified atom stereocenters. The van der Waals surface area contributed by atoms with Crippen molar-refractivity contribution in [1.29, 1.82) is 0 Å². The molecule has 0 saturated carbocycles. The number of rotatable bonds is 8. The molecule has 5 heteroatoms. The fourth-order valence-electron chi connectivity index (χ4n) is 2.92. The van der Waals surface area contributed by atoms with Crippen molar-refractivity contribution in [2.45, 2.75) is 33.1 Å². The summed E-state index contributed by atoms with van der Waals surface area (Å²) in [5.74, 6) is 1.89. The normalized spacial score (nSPS) is 10.7. The third-order valence-electron chi connectivity index (χ3n) is 4.58. The van der Waals surface area contributed by atoms with Crippen molar-refractivity contribution >= 4 is 5.97 Å². The molecule has 5 nitrogen and oxygen atoms in total. The Bertz CT molecular complexity index is 928. The number of aromatic nitrogens is 1. The third-order valence-corrected chi connectivity index (χ3v) is 4.58. The van der Waals surface area contributed by atoms with E-state index in [9.17, 15) is 4.79 Å². The number of benzene rings is 2. The van der Waals surface area contributed by atoms with Crippen molar-refractivity contribution in [2.24, 2.45) is 0 Å². The molecule has 28 heavy (non-hydrogen) atoms. The maximum absolute atomic E-state index is 11.4. The van der Waals surface area contributed by atoms with Gasteiger partial charge in [-0.1, -0.05) is 31.2 Å². The predicted octanol–water partition coefficient (Wildman–Crippen LogP) is 4.55. The molecule has 3 aromatic rings. The Hall–Kier alpha value is -3.08. The molecule has 146 valence electrons. The molecule has 0 aliphatic carbocycles. The van der Waals surface area contributed by atoms with E-state index < -0.39 is 0 Å². The van der Waals surface area contributed by atoms with Crippen molar-refractivity contribution < 1.29 is 18.7 Å². The van der Waals surface area contributed by atoms with Crippen LogP contribution in [-0.2, 0) is 28.8 Å². The second kappa shape index (κ2) is 9.22. The zero-order valence-electron chi connectivity index (χ0n) is 16.5. The van der Waals surface area contributed by atoms with Gasteiger partial charge >= 0.3 is 5.97 Å². The largest absolute Gasteiger partial charge is 0.493 e. The molecule has 1 aromatic heterocycles. The van der Waals surface area contributed by atoms with Crippen LogP contribution in [0.1, 0.15) is 29.5 Å². The van der Waals surface area contributed by atoms with Crippen LogP contribution in [0.5, 0.6) is 5.75 Å². The van der Waals surface area contributed by atoms with E-state index in [0.717, 1.165) is 34.8 Å². The molecule has 3 rings (SSSR count). The average molecular weight is 379 g/mol. The molecule has 0 aliphatic heterocycles. The Kier molecular flexibility index (Phi) is 6.48. The van der Waals surface area contributed by atoms with Crippen LogP contribution >= 0.6 is 0 Å². The minimum absolute atomic E-state index is 0.232. The zero-order valence-corrected chi connectivity index (χ0v) is 16.5. The molecule has 0 spiro atoms. The zero-order chi connectivity index (χ0) is 19.9. The molecule has 0 saturated heterocycles. The Morgan fingerprint density at radius 2 is 1.89 bits per heavy atom. The summed E-state index contributed by atoms with van der Waals surface area (Å²) in [6, 6.07) is 15.7. The molecule has 0 amide bonds. The quantitative estimate of drug-likeness (QED) is 0.537. The Labute approximate surface area is 165 Å². The third kappa shape index (κ3) is 5.00. The summed E-state index contributed by atoms with van der Waals surface area (Å²) in [6.07, 6.45) is 1.88. The highest BCUT2D eigenvalue weighted by atomic mass is 16.5. The topological polar surface area (TPSA) is 61.6 Å². The molecular weight excluding hydrogens is 354 g/mol. The van der Waals surface area contributed by atoms with E-state index >= 15 is 0 Å². The lowest BCUT2D eigenvalue weighted by Crippen LogP contribution is -2.06. The monoisotopic (exact) mass is 379 g/mol. The van der Waals surface area contributed by atoms with E-state index in [0.29, 0.717) is 18.9 Å². The lowest BCUT2D eigenvalue weighted by Gasteiger charge is -2.07. The van der Waals surface area contributed by atoms with E-state index in [1.54, 1.807) is 0 Å². The number of methoxy groups -OCH3 is 1. The number of ether oxygens (including phenoxy) is 2. The first-order valence-corrected chi connectivity index (χ1v) is 9.43. The fraction of sp³-hybridized carbons (Fsp3) is 0.304. The van der Waals surface area contributed by atoms with Crippen LogP contribution in [0.2, 0.25) is 0 Å². The maximum Gasteiger partial charge on any atom is 0.309 e. The van der Waals surface area contributed by atoms with Gasteiger partial charge in [-0.2, -0.15) is 0 Å². The van der Waals surface area contributed by atoms with Gasteiger partial charge in [0.1, 0.15) is 11.5 Å². The number of oxazole rings is 1. The Balaban J connectivity index is 1.60. The first-order valence-electron chi connectivity index (χ1n) is 9.43. The van der Waals surface area contributed by atoms with Crippen LogP contribution < -0.4 is 4.74 Å². The minimum atomic E-state index is -0.269. The van der Waals surface area contributed by atoms with Crippen LogP contribution in [0.3, 0.4) is 0 Å². The fourth-order valence-corrected chi connectivity index (χ4v) is 2.92. The van der Waals surface area contributed by atoms with Gasteiger partial charge in [-0.3, -0.25) is 4.79 Å². The predicted molar refractivity (Wildman–Crippen MR) is 107 cm³/mol. The number of aryl methyl sites for hydroxylation is 2. The van der Waals surface area contributed by atoms with E-state index in [1.807, 2.05) is 43.3 Å². The molecule has 0 N–H and O–H groups in total. The van der Waals surface area contributed by atoms with Crippen LogP contribution in [-0.4, -0.2) is 24.7 Å². The number of hydrogen-bond acceptors (Lipinski definition) is 5. The van der Waals surface area contributed by atoms with Crippen molar-refractivity contribution in [2.75, 3.05) is 13.7 Å². The van der Waals surface area contributed by atoms with E-state index in [4.69, 9.17) is 13.9 Å². The number of carbonyl (C=O) groups is 1. The Morgan fingerprint density at radius 1 is 1.11 bits per heavy atom. The highest BCUT2D eigenvalue weighted by Gasteiger charge is 2.12. The van der Waals surface area contributed by atoms with E-state index in [1.165, 1.54) is 12.7 Å². The van der Waals surface area contributed by atoms with Crippen LogP contribution in [0.25, 0.3) is 11.5 Å². The van der Waals surface area contributed by atoms with Gasteiger partial charge in [0.15, 0.2) is 0 Å². The van der Waals surface area contributed by atoms with Crippen molar-refractivity contribution in [1.82, 2.24) is 4.98 Å². The Morgan fingerprint density at radius 3 is 2.61 bits per heavy atom. The van der Waals surface area contributed by atoms with Gasteiger partial charge in [-0.25, -0.2) is 4.98 Å². The lowest BCUT2D eigenvalue weighted by atomic mass is 10.1. The first kappa shape index (κ1) is 19.7. The highest BCUT2D eigenvalue weighted by molar-refractivity contribution is 5.72. The maximum atomic E-state index is 11.4. The summed E-state index contributed by atoms with van der Waals surface area (Å²) in [6.45, 7) is 4.53.